The van der Waals surface area contributed by atoms with E-state index < -0.39 is 28.5 Å². The molecule has 0 heterocycles. The largest absolute Gasteiger partial charge is 0.354 e. The maximum atomic E-state index is 14.5. The smallest absolute Gasteiger partial charge is 0.264 e. The number of hydrogen-bond acceptors (Lipinski definition) is 4. The van der Waals surface area contributed by atoms with Crippen molar-refractivity contribution in [3.63, 3.8) is 0 Å². The summed E-state index contributed by atoms with van der Waals surface area (Å²) >= 11 is 19.1. The van der Waals surface area contributed by atoms with E-state index >= 15 is 0 Å². The number of anilines is 1. The molecule has 4 aromatic carbocycles. The number of carbonyl (C=O) groups excluding carboxylic acids is 2. The molecule has 1 unspecified atom stereocenters. The molecule has 0 bridgehead atoms. The Morgan fingerprint density at radius 1 is 0.822 bits per heavy atom. The third-order valence-electron chi connectivity index (χ3n) is 7.14. The Hall–Kier alpha value is -3.56. The molecule has 4 rings (SSSR count). The number of hydrogen-bond donors (Lipinski definition) is 1. The molecule has 0 aliphatic carbocycles. The zero-order valence-electron chi connectivity index (χ0n) is 24.7. The number of nitrogens with zero attached hydrogens (tertiary/aromatic N) is 2. The van der Waals surface area contributed by atoms with Crippen molar-refractivity contribution >= 4 is 62.3 Å². The Morgan fingerprint density at radius 2 is 1.42 bits per heavy atom. The SMILES string of the molecule is CCCCNC(=O)C(Cc1ccccc1)N(Cc1ccccc1Cl)C(=O)CN(c1cc(Cl)cc(Cl)c1)S(=O)(=O)c1ccccc1. The van der Waals surface area contributed by atoms with Crippen molar-refractivity contribution in [3.8, 4) is 0 Å². The first kappa shape index (κ1) is 34.3. The average Bonchev–Trinajstić information content (AvgIpc) is 3.02. The molecule has 7 nitrogen and oxygen atoms in total. The molecular formula is C34H34Cl3N3O4S. The zero-order chi connectivity index (χ0) is 32.4. The summed E-state index contributed by atoms with van der Waals surface area (Å²) < 4.78 is 29.1. The van der Waals surface area contributed by atoms with Crippen LogP contribution in [0.3, 0.4) is 0 Å². The normalized spacial score (nSPS) is 11.9. The topological polar surface area (TPSA) is 86.8 Å². The van der Waals surface area contributed by atoms with Crippen molar-refractivity contribution in [2.45, 2.75) is 43.7 Å². The van der Waals surface area contributed by atoms with E-state index in [1.54, 1.807) is 42.5 Å². The minimum absolute atomic E-state index is 0.0234. The Kier molecular flexibility index (Phi) is 12.3. The quantitative estimate of drug-likeness (QED) is 0.140. The lowest BCUT2D eigenvalue weighted by Gasteiger charge is -2.34. The van der Waals surface area contributed by atoms with E-state index in [0.29, 0.717) is 17.1 Å². The number of sulfonamides is 1. The molecule has 0 aliphatic heterocycles. The van der Waals surface area contributed by atoms with Crippen LogP contribution in [-0.2, 0) is 32.6 Å². The molecule has 2 amide bonds. The summed E-state index contributed by atoms with van der Waals surface area (Å²) in [5.74, 6) is -0.965. The summed E-state index contributed by atoms with van der Waals surface area (Å²) in [5.41, 5.74) is 1.55. The van der Waals surface area contributed by atoms with Gasteiger partial charge in [0, 0.05) is 34.6 Å². The van der Waals surface area contributed by atoms with Gasteiger partial charge in [-0.25, -0.2) is 8.42 Å². The maximum absolute atomic E-state index is 14.5. The lowest BCUT2D eigenvalue weighted by atomic mass is 10.0. The zero-order valence-corrected chi connectivity index (χ0v) is 27.8. The van der Waals surface area contributed by atoms with Crippen LogP contribution in [-0.4, -0.2) is 44.3 Å². The molecule has 0 aliphatic rings. The Labute approximate surface area is 279 Å². The Bertz CT molecular complexity index is 1690. The van der Waals surface area contributed by atoms with E-state index in [1.807, 2.05) is 37.3 Å². The van der Waals surface area contributed by atoms with Gasteiger partial charge < -0.3 is 10.2 Å². The highest BCUT2D eigenvalue weighted by Gasteiger charge is 2.35. The van der Waals surface area contributed by atoms with Crippen molar-refractivity contribution in [2.24, 2.45) is 0 Å². The molecule has 236 valence electrons. The van der Waals surface area contributed by atoms with Crippen LogP contribution >= 0.6 is 34.8 Å². The van der Waals surface area contributed by atoms with Gasteiger partial charge in [0.2, 0.25) is 11.8 Å². The molecule has 0 saturated carbocycles. The molecular weight excluding hydrogens is 653 g/mol. The van der Waals surface area contributed by atoms with E-state index in [2.05, 4.69) is 5.32 Å². The molecule has 0 aromatic heterocycles. The molecule has 0 spiro atoms. The number of unbranched alkanes of at least 4 members (excludes halogenated alkanes) is 1. The van der Waals surface area contributed by atoms with Crippen molar-refractivity contribution < 1.29 is 18.0 Å². The van der Waals surface area contributed by atoms with Crippen LogP contribution in [0.1, 0.15) is 30.9 Å². The molecule has 4 aromatic rings. The van der Waals surface area contributed by atoms with Gasteiger partial charge in [-0.05, 0) is 53.9 Å². The van der Waals surface area contributed by atoms with Crippen molar-refractivity contribution in [1.29, 1.82) is 0 Å². The summed E-state index contributed by atoms with van der Waals surface area (Å²) in [6.45, 7) is 1.79. The van der Waals surface area contributed by atoms with Crippen LogP contribution in [0.5, 0.6) is 0 Å². The first-order chi connectivity index (χ1) is 21.6. The summed E-state index contributed by atoms with van der Waals surface area (Å²) in [4.78, 5) is 29.7. The van der Waals surface area contributed by atoms with Crippen LogP contribution in [0.15, 0.2) is 108 Å². The molecule has 0 fully saturated rings. The monoisotopic (exact) mass is 685 g/mol. The number of carbonyl (C=O) groups is 2. The third-order valence-corrected chi connectivity index (χ3v) is 9.74. The summed E-state index contributed by atoms with van der Waals surface area (Å²) in [6, 6.07) is 27.5. The lowest BCUT2D eigenvalue weighted by molar-refractivity contribution is -0.140. The molecule has 45 heavy (non-hydrogen) atoms. The van der Waals surface area contributed by atoms with E-state index in [4.69, 9.17) is 34.8 Å². The maximum Gasteiger partial charge on any atom is 0.264 e. The van der Waals surface area contributed by atoms with Gasteiger partial charge in [0.05, 0.1) is 10.6 Å². The second-order valence-corrected chi connectivity index (χ2v) is 13.6. The van der Waals surface area contributed by atoms with Gasteiger partial charge in [-0.3, -0.25) is 13.9 Å². The first-order valence-corrected chi connectivity index (χ1v) is 17.1. The average molecular weight is 687 g/mol. The second-order valence-electron chi connectivity index (χ2n) is 10.4. The molecule has 1 N–H and O–H groups in total. The molecule has 1 atom stereocenters. The van der Waals surface area contributed by atoms with Gasteiger partial charge in [-0.2, -0.15) is 0 Å². The number of benzene rings is 4. The highest BCUT2D eigenvalue weighted by Crippen LogP contribution is 2.30. The minimum Gasteiger partial charge on any atom is -0.354 e. The van der Waals surface area contributed by atoms with E-state index in [9.17, 15) is 18.0 Å². The summed E-state index contributed by atoms with van der Waals surface area (Å²) in [5, 5.41) is 3.77. The highest BCUT2D eigenvalue weighted by molar-refractivity contribution is 7.92. The molecule has 11 heteroatoms. The standard InChI is InChI=1S/C34H34Cl3N3O4S/c1-2-3-18-38-34(42)32(19-25-12-6-4-7-13-25)39(23-26-14-10-11-17-31(26)37)33(41)24-40(29-21-27(35)20-28(36)22-29)45(43,44)30-15-8-5-9-16-30/h4-17,20-22,32H,2-3,18-19,23-24H2,1H3,(H,38,42). The van der Waals surface area contributed by atoms with Crippen LogP contribution < -0.4 is 9.62 Å². The summed E-state index contributed by atoms with van der Waals surface area (Å²) in [7, 11) is -4.28. The van der Waals surface area contributed by atoms with Crippen LogP contribution in [0.25, 0.3) is 0 Å². The summed E-state index contributed by atoms with van der Waals surface area (Å²) in [6.07, 6.45) is 1.84. The number of amides is 2. The van der Waals surface area contributed by atoms with E-state index in [-0.39, 0.29) is 39.5 Å². The van der Waals surface area contributed by atoms with Gasteiger partial charge in [0.25, 0.3) is 10.0 Å². The van der Waals surface area contributed by atoms with Crippen molar-refractivity contribution in [3.05, 3.63) is 129 Å². The number of rotatable bonds is 14. The van der Waals surface area contributed by atoms with Crippen molar-refractivity contribution in [2.75, 3.05) is 17.4 Å². The first-order valence-electron chi connectivity index (χ1n) is 14.5. The number of halogens is 3. The fourth-order valence-electron chi connectivity index (χ4n) is 4.80. The fraction of sp³-hybridized carbons (Fsp3) is 0.235. The predicted octanol–water partition coefficient (Wildman–Crippen LogP) is 7.40. The van der Waals surface area contributed by atoms with Gasteiger partial charge >= 0.3 is 0 Å². The predicted molar refractivity (Wildman–Crippen MR) is 181 cm³/mol. The Morgan fingerprint density at radius 3 is 2.04 bits per heavy atom. The van der Waals surface area contributed by atoms with Gasteiger partial charge in [0.1, 0.15) is 12.6 Å². The van der Waals surface area contributed by atoms with Gasteiger partial charge in [0.15, 0.2) is 0 Å². The van der Waals surface area contributed by atoms with Crippen LogP contribution in [0, 0.1) is 0 Å². The third kappa shape index (κ3) is 9.23. The molecule has 0 saturated heterocycles. The number of nitrogens with one attached hydrogen (secondary N) is 1. The lowest BCUT2D eigenvalue weighted by Crippen LogP contribution is -2.53. The van der Waals surface area contributed by atoms with E-state index in [0.717, 1.165) is 22.7 Å². The van der Waals surface area contributed by atoms with Crippen LogP contribution in [0.2, 0.25) is 15.1 Å². The Balaban J connectivity index is 1.81. The van der Waals surface area contributed by atoms with Crippen molar-refractivity contribution in [1.82, 2.24) is 10.2 Å². The highest BCUT2D eigenvalue weighted by atomic mass is 35.5. The van der Waals surface area contributed by atoms with E-state index in [1.165, 1.54) is 35.2 Å². The van der Waals surface area contributed by atoms with Gasteiger partial charge in [-0.1, -0.05) is 115 Å². The van der Waals surface area contributed by atoms with Gasteiger partial charge in [-0.15, -0.1) is 0 Å². The minimum atomic E-state index is -4.28. The van der Waals surface area contributed by atoms with Crippen LogP contribution in [0.4, 0.5) is 5.69 Å². The second kappa shape index (κ2) is 16.1. The molecule has 0 radical (unpaired) electrons. The fourth-order valence-corrected chi connectivity index (χ4v) is 6.93.